The second kappa shape index (κ2) is 2.77. The van der Waals surface area contributed by atoms with Crippen LogP contribution in [-0.4, -0.2) is 16.0 Å². The van der Waals surface area contributed by atoms with Gasteiger partial charge in [0, 0.05) is 12.2 Å². The van der Waals surface area contributed by atoms with Crippen LogP contribution in [0.15, 0.2) is 16.9 Å². The van der Waals surface area contributed by atoms with E-state index in [1.54, 1.807) is 6.20 Å². The molecule has 11 heavy (non-hydrogen) atoms. The summed E-state index contributed by atoms with van der Waals surface area (Å²) in [7, 11) is 0. The molecule has 4 heteroatoms. The Labute approximate surface area is 73.4 Å². The average Bonchev–Trinajstić information content (AvgIpc) is 2.71. The van der Waals surface area contributed by atoms with Gasteiger partial charge in [-0.15, -0.1) is 0 Å². The maximum Gasteiger partial charge on any atom is 0.223 e. The smallest absolute Gasteiger partial charge is 0.223 e. The number of hydrogen-bond donors (Lipinski definition) is 1. The lowest BCUT2D eigenvalue weighted by Crippen LogP contribution is -2.04. The fourth-order valence-electron chi connectivity index (χ4n) is 0.816. The van der Waals surface area contributed by atoms with Crippen molar-refractivity contribution in [2.75, 3.05) is 5.32 Å². The van der Waals surface area contributed by atoms with Gasteiger partial charge in [-0.05, 0) is 34.8 Å². The molecule has 58 valence electrons. The summed E-state index contributed by atoms with van der Waals surface area (Å²) in [4.78, 5) is 8.22. The highest BCUT2D eigenvalue weighted by molar-refractivity contribution is 9.10. The molecule has 1 N–H and O–H groups in total. The van der Waals surface area contributed by atoms with Crippen molar-refractivity contribution in [3.8, 4) is 0 Å². The first-order valence-electron chi connectivity index (χ1n) is 3.60. The van der Waals surface area contributed by atoms with E-state index in [9.17, 15) is 0 Å². The van der Waals surface area contributed by atoms with Gasteiger partial charge < -0.3 is 5.32 Å². The van der Waals surface area contributed by atoms with Crippen LogP contribution in [0.2, 0.25) is 0 Å². The molecule has 0 aromatic carbocycles. The molecule has 0 bridgehead atoms. The second-order valence-electron chi connectivity index (χ2n) is 2.62. The topological polar surface area (TPSA) is 37.8 Å². The summed E-state index contributed by atoms with van der Waals surface area (Å²) < 4.78 is 0.829. The molecule has 1 heterocycles. The molecule has 1 saturated carbocycles. The third kappa shape index (κ3) is 1.89. The van der Waals surface area contributed by atoms with Crippen LogP contribution in [0, 0.1) is 0 Å². The highest BCUT2D eigenvalue weighted by atomic mass is 79.9. The highest BCUT2D eigenvalue weighted by Gasteiger charge is 2.21. The van der Waals surface area contributed by atoms with Crippen molar-refractivity contribution in [3.05, 3.63) is 16.9 Å². The molecule has 1 aromatic heterocycles. The molecule has 1 fully saturated rings. The summed E-state index contributed by atoms with van der Waals surface area (Å²) in [6.07, 6.45) is 4.23. The summed E-state index contributed by atoms with van der Waals surface area (Å²) in [5.41, 5.74) is 0. The standard InChI is InChI=1S/C7H8BrN3/c8-6-3-4-9-7(11-6)10-5-1-2-5/h3-5H,1-2H2,(H,9,10,11). The normalized spacial score (nSPS) is 16.5. The van der Waals surface area contributed by atoms with E-state index in [0.29, 0.717) is 6.04 Å². The summed E-state index contributed by atoms with van der Waals surface area (Å²) in [5, 5.41) is 3.20. The number of nitrogens with zero attached hydrogens (tertiary/aromatic N) is 2. The summed E-state index contributed by atoms with van der Waals surface area (Å²) in [6, 6.07) is 2.43. The first-order valence-corrected chi connectivity index (χ1v) is 4.39. The van der Waals surface area contributed by atoms with Gasteiger partial charge in [-0.2, -0.15) is 0 Å². The predicted molar refractivity (Wildman–Crippen MR) is 46.4 cm³/mol. The van der Waals surface area contributed by atoms with Crippen LogP contribution in [0.25, 0.3) is 0 Å². The van der Waals surface area contributed by atoms with Crippen molar-refractivity contribution < 1.29 is 0 Å². The minimum absolute atomic E-state index is 0.615. The SMILES string of the molecule is Brc1ccnc(NC2CC2)n1. The molecule has 2 rings (SSSR count). The number of nitrogens with one attached hydrogen (secondary N) is 1. The maximum absolute atomic E-state index is 4.15. The molecule has 0 spiro atoms. The van der Waals surface area contributed by atoms with Crippen LogP contribution in [0.5, 0.6) is 0 Å². The Morgan fingerprint density at radius 2 is 2.36 bits per heavy atom. The van der Waals surface area contributed by atoms with Crippen LogP contribution in [-0.2, 0) is 0 Å². The van der Waals surface area contributed by atoms with Gasteiger partial charge in [0.15, 0.2) is 0 Å². The van der Waals surface area contributed by atoms with Gasteiger partial charge in [0.05, 0.1) is 0 Å². The molecule has 0 aliphatic heterocycles. The van der Waals surface area contributed by atoms with Crippen molar-refractivity contribution in [2.24, 2.45) is 0 Å². The Balaban J connectivity index is 2.10. The van der Waals surface area contributed by atoms with Crippen LogP contribution in [0.1, 0.15) is 12.8 Å². The summed E-state index contributed by atoms with van der Waals surface area (Å²) >= 11 is 3.28. The molecule has 1 aliphatic rings. The Morgan fingerprint density at radius 3 is 3.00 bits per heavy atom. The Bertz CT molecular complexity index is 260. The quantitative estimate of drug-likeness (QED) is 0.763. The number of anilines is 1. The zero-order valence-electron chi connectivity index (χ0n) is 5.92. The van der Waals surface area contributed by atoms with E-state index in [-0.39, 0.29) is 0 Å². The number of halogens is 1. The Morgan fingerprint density at radius 1 is 1.55 bits per heavy atom. The number of rotatable bonds is 2. The van der Waals surface area contributed by atoms with Crippen molar-refractivity contribution in [3.63, 3.8) is 0 Å². The van der Waals surface area contributed by atoms with Gasteiger partial charge in [-0.3, -0.25) is 0 Å². The second-order valence-corrected chi connectivity index (χ2v) is 3.43. The minimum Gasteiger partial charge on any atom is -0.351 e. The van der Waals surface area contributed by atoms with Crippen molar-refractivity contribution >= 4 is 21.9 Å². The Hall–Kier alpha value is -0.640. The van der Waals surface area contributed by atoms with E-state index in [4.69, 9.17) is 0 Å². The molecule has 0 atom stereocenters. The molecular formula is C7H8BrN3. The van der Waals surface area contributed by atoms with E-state index >= 15 is 0 Å². The lowest BCUT2D eigenvalue weighted by molar-refractivity contribution is 1.04. The fourth-order valence-corrected chi connectivity index (χ4v) is 1.10. The zero-order valence-corrected chi connectivity index (χ0v) is 7.50. The highest BCUT2D eigenvalue weighted by Crippen LogP contribution is 2.22. The minimum atomic E-state index is 0.615. The zero-order chi connectivity index (χ0) is 7.68. The van der Waals surface area contributed by atoms with E-state index in [1.807, 2.05) is 6.07 Å². The number of hydrogen-bond acceptors (Lipinski definition) is 3. The van der Waals surface area contributed by atoms with Crippen LogP contribution >= 0.6 is 15.9 Å². The molecule has 0 radical (unpaired) electrons. The van der Waals surface area contributed by atoms with Crippen LogP contribution in [0.4, 0.5) is 5.95 Å². The first-order chi connectivity index (χ1) is 5.34. The maximum atomic E-state index is 4.15. The third-order valence-electron chi connectivity index (χ3n) is 1.53. The van der Waals surface area contributed by atoms with E-state index < -0.39 is 0 Å². The van der Waals surface area contributed by atoms with Gasteiger partial charge in [0.25, 0.3) is 0 Å². The molecule has 1 aromatic rings. The van der Waals surface area contributed by atoms with E-state index in [0.717, 1.165) is 10.6 Å². The Kier molecular flexibility index (Phi) is 1.77. The third-order valence-corrected chi connectivity index (χ3v) is 1.97. The molecule has 0 unspecified atom stereocenters. The van der Waals surface area contributed by atoms with Gasteiger partial charge in [0.2, 0.25) is 5.95 Å². The molecular weight excluding hydrogens is 206 g/mol. The monoisotopic (exact) mass is 213 g/mol. The lowest BCUT2D eigenvalue weighted by Gasteiger charge is -2.00. The van der Waals surface area contributed by atoms with Crippen LogP contribution < -0.4 is 5.32 Å². The fraction of sp³-hybridized carbons (Fsp3) is 0.429. The number of aromatic nitrogens is 2. The van der Waals surface area contributed by atoms with Gasteiger partial charge >= 0.3 is 0 Å². The molecule has 0 amide bonds. The molecule has 0 saturated heterocycles. The van der Waals surface area contributed by atoms with Gasteiger partial charge in [0.1, 0.15) is 4.60 Å². The largest absolute Gasteiger partial charge is 0.351 e. The first kappa shape index (κ1) is 7.03. The van der Waals surface area contributed by atoms with Crippen LogP contribution in [0.3, 0.4) is 0 Å². The average molecular weight is 214 g/mol. The van der Waals surface area contributed by atoms with E-state index in [2.05, 4.69) is 31.2 Å². The van der Waals surface area contributed by atoms with Gasteiger partial charge in [-0.1, -0.05) is 0 Å². The van der Waals surface area contributed by atoms with Gasteiger partial charge in [-0.25, -0.2) is 9.97 Å². The lowest BCUT2D eigenvalue weighted by atomic mass is 10.6. The summed E-state index contributed by atoms with van der Waals surface area (Å²) in [5.74, 6) is 0.724. The van der Waals surface area contributed by atoms with Crippen molar-refractivity contribution in [2.45, 2.75) is 18.9 Å². The van der Waals surface area contributed by atoms with E-state index in [1.165, 1.54) is 12.8 Å². The molecule has 3 nitrogen and oxygen atoms in total. The van der Waals surface area contributed by atoms with Crippen molar-refractivity contribution in [1.82, 2.24) is 9.97 Å². The molecule has 1 aliphatic carbocycles. The predicted octanol–water partition coefficient (Wildman–Crippen LogP) is 1.81. The summed E-state index contributed by atoms with van der Waals surface area (Å²) in [6.45, 7) is 0. The van der Waals surface area contributed by atoms with Crippen molar-refractivity contribution in [1.29, 1.82) is 0 Å².